The van der Waals surface area contributed by atoms with Crippen molar-refractivity contribution in [1.82, 2.24) is 0 Å². The van der Waals surface area contributed by atoms with Gasteiger partial charge in [-0.1, -0.05) is 60.7 Å². The Hall–Kier alpha value is -2.10. The predicted octanol–water partition coefficient (Wildman–Crippen LogP) is 4.99. The minimum absolute atomic E-state index is 0.207. The number of aliphatic imine (C=N–C) groups is 1. The maximum absolute atomic E-state index is 13.2. The fourth-order valence-corrected chi connectivity index (χ4v) is 2.05. The van der Waals surface area contributed by atoms with Crippen LogP contribution in [0.5, 0.6) is 0 Å². The summed E-state index contributed by atoms with van der Waals surface area (Å²) in [6, 6.07) is 17.0. The molecule has 0 saturated carbocycles. The first-order valence-electron chi connectivity index (χ1n) is 6.69. The first-order valence-corrected chi connectivity index (χ1v) is 6.69. The molecule has 0 heterocycles. The van der Waals surface area contributed by atoms with E-state index in [0.717, 1.165) is 5.56 Å². The molecule has 4 heteroatoms. The highest BCUT2D eigenvalue weighted by atomic mass is 19.4. The van der Waals surface area contributed by atoms with Crippen molar-refractivity contribution in [2.24, 2.45) is 4.99 Å². The van der Waals surface area contributed by atoms with Crippen molar-refractivity contribution in [1.29, 1.82) is 0 Å². The van der Waals surface area contributed by atoms with E-state index in [2.05, 4.69) is 4.99 Å². The third kappa shape index (κ3) is 4.45. The molecule has 0 aliphatic rings. The van der Waals surface area contributed by atoms with Gasteiger partial charge in [-0.15, -0.1) is 0 Å². The molecule has 2 aromatic rings. The summed E-state index contributed by atoms with van der Waals surface area (Å²) in [6.45, 7) is 1.67. The van der Waals surface area contributed by atoms with Crippen LogP contribution in [0.2, 0.25) is 0 Å². The largest absolute Gasteiger partial charge is 0.429 e. The van der Waals surface area contributed by atoms with Gasteiger partial charge < -0.3 is 0 Å². The smallest absolute Gasteiger partial charge is 0.277 e. The second-order valence-corrected chi connectivity index (χ2v) is 4.82. The van der Waals surface area contributed by atoms with Gasteiger partial charge in [-0.05, 0) is 18.1 Å². The summed E-state index contributed by atoms with van der Waals surface area (Å²) in [5.74, 6) is 0. The second-order valence-electron chi connectivity index (χ2n) is 4.82. The van der Waals surface area contributed by atoms with Gasteiger partial charge >= 0.3 is 6.18 Å². The Bertz CT molecular complexity index is 588. The van der Waals surface area contributed by atoms with Gasteiger partial charge in [0.25, 0.3) is 0 Å². The second kappa shape index (κ2) is 6.57. The van der Waals surface area contributed by atoms with Crippen LogP contribution in [-0.4, -0.2) is 11.9 Å². The topological polar surface area (TPSA) is 12.4 Å². The molecule has 0 amide bonds. The van der Waals surface area contributed by atoms with Crippen molar-refractivity contribution in [2.75, 3.05) is 0 Å². The Balaban J connectivity index is 2.26. The highest BCUT2D eigenvalue weighted by Crippen LogP contribution is 2.25. The molecule has 2 aromatic carbocycles. The van der Waals surface area contributed by atoms with E-state index in [1.807, 2.05) is 6.07 Å². The SMILES string of the molecule is C[C@H](/N=C(/Cc1ccccc1)C(F)(F)F)c1ccccc1. The summed E-state index contributed by atoms with van der Waals surface area (Å²) >= 11 is 0. The van der Waals surface area contributed by atoms with Gasteiger partial charge in [0.2, 0.25) is 0 Å². The monoisotopic (exact) mass is 291 g/mol. The number of nitrogens with zero attached hydrogens (tertiary/aromatic N) is 1. The molecular formula is C17H16F3N. The molecule has 1 atom stereocenters. The molecule has 110 valence electrons. The van der Waals surface area contributed by atoms with E-state index < -0.39 is 17.9 Å². The van der Waals surface area contributed by atoms with Crippen LogP contribution in [0.1, 0.15) is 24.1 Å². The predicted molar refractivity (Wildman–Crippen MR) is 78.5 cm³/mol. The fourth-order valence-electron chi connectivity index (χ4n) is 2.05. The number of halogens is 3. The van der Waals surface area contributed by atoms with Crippen molar-refractivity contribution in [2.45, 2.75) is 25.6 Å². The summed E-state index contributed by atoms with van der Waals surface area (Å²) < 4.78 is 39.5. The van der Waals surface area contributed by atoms with Crippen molar-refractivity contribution in [3.05, 3.63) is 71.8 Å². The zero-order valence-electron chi connectivity index (χ0n) is 11.6. The molecule has 2 rings (SSSR count). The molecule has 0 N–H and O–H groups in total. The molecule has 0 aromatic heterocycles. The molecule has 0 aliphatic carbocycles. The third-order valence-electron chi connectivity index (χ3n) is 3.17. The molecule has 0 spiro atoms. The van der Waals surface area contributed by atoms with Gasteiger partial charge in [0, 0.05) is 6.42 Å². The Morgan fingerprint density at radius 3 is 2.00 bits per heavy atom. The maximum Gasteiger partial charge on any atom is 0.429 e. The van der Waals surface area contributed by atoms with Crippen LogP contribution < -0.4 is 0 Å². The molecule has 1 nitrogen and oxygen atoms in total. The van der Waals surface area contributed by atoms with Crippen LogP contribution in [0.4, 0.5) is 13.2 Å². The lowest BCUT2D eigenvalue weighted by Crippen LogP contribution is -2.26. The summed E-state index contributed by atoms with van der Waals surface area (Å²) in [5, 5.41) is 0. The van der Waals surface area contributed by atoms with Crippen LogP contribution in [-0.2, 0) is 6.42 Å². The average molecular weight is 291 g/mol. The first-order chi connectivity index (χ1) is 9.97. The lowest BCUT2D eigenvalue weighted by molar-refractivity contribution is -0.0604. The Morgan fingerprint density at radius 2 is 1.48 bits per heavy atom. The lowest BCUT2D eigenvalue weighted by atomic mass is 10.1. The molecule has 0 radical (unpaired) electrons. The van der Waals surface area contributed by atoms with Crippen molar-refractivity contribution < 1.29 is 13.2 Å². The molecule has 0 fully saturated rings. The van der Waals surface area contributed by atoms with Crippen LogP contribution in [0.25, 0.3) is 0 Å². The molecular weight excluding hydrogens is 275 g/mol. The average Bonchev–Trinajstić information content (AvgIpc) is 2.47. The van der Waals surface area contributed by atoms with Crippen molar-refractivity contribution >= 4 is 5.71 Å². The van der Waals surface area contributed by atoms with Gasteiger partial charge in [0.15, 0.2) is 0 Å². The van der Waals surface area contributed by atoms with Crippen LogP contribution in [0, 0.1) is 0 Å². The Morgan fingerprint density at radius 1 is 0.952 bits per heavy atom. The summed E-state index contributed by atoms with van der Waals surface area (Å²) in [5.41, 5.74) is 0.631. The zero-order valence-corrected chi connectivity index (χ0v) is 11.6. The standard InChI is InChI=1S/C17H16F3N/c1-13(15-10-6-3-7-11-15)21-16(17(18,19)20)12-14-8-4-2-5-9-14/h2-11,13H,12H2,1H3/b21-16-/t13-/m0/s1. The van der Waals surface area contributed by atoms with E-state index in [0.29, 0.717) is 5.56 Å². The zero-order chi connectivity index (χ0) is 15.3. The molecule has 0 bridgehead atoms. The fraction of sp³-hybridized carbons (Fsp3) is 0.235. The van der Waals surface area contributed by atoms with Crippen molar-refractivity contribution in [3.8, 4) is 0 Å². The van der Waals surface area contributed by atoms with E-state index in [1.165, 1.54) is 0 Å². The van der Waals surface area contributed by atoms with Crippen LogP contribution in [0.3, 0.4) is 0 Å². The number of benzene rings is 2. The molecule has 0 saturated heterocycles. The normalized spacial score (nSPS) is 14.0. The highest BCUT2D eigenvalue weighted by Gasteiger charge is 2.35. The van der Waals surface area contributed by atoms with Crippen LogP contribution >= 0.6 is 0 Å². The van der Waals surface area contributed by atoms with E-state index in [4.69, 9.17) is 0 Å². The Labute approximate surface area is 122 Å². The van der Waals surface area contributed by atoms with E-state index in [-0.39, 0.29) is 6.42 Å². The van der Waals surface area contributed by atoms with Gasteiger partial charge in [0.1, 0.15) is 5.71 Å². The molecule has 0 aliphatic heterocycles. The number of hydrogen-bond acceptors (Lipinski definition) is 1. The summed E-state index contributed by atoms with van der Waals surface area (Å²) in [4.78, 5) is 3.90. The maximum atomic E-state index is 13.2. The van der Waals surface area contributed by atoms with Gasteiger partial charge in [0.05, 0.1) is 6.04 Å². The molecule has 21 heavy (non-hydrogen) atoms. The minimum Gasteiger partial charge on any atom is -0.277 e. The molecule has 0 unspecified atom stereocenters. The summed E-state index contributed by atoms with van der Waals surface area (Å²) in [7, 11) is 0. The van der Waals surface area contributed by atoms with Gasteiger partial charge in [-0.25, -0.2) is 0 Å². The van der Waals surface area contributed by atoms with E-state index in [9.17, 15) is 13.2 Å². The van der Waals surface area contributed by atoms with Gasteiger partial charge in [-0.2, -0.15) is 13.2 Å². The van der Waals surface area contributed by atoms with Crippen LogP contribution in [0.15, 0.2) is 65.7 Å². The third-order valence-corrected chi connectivity index (χ3v) is 3.17. The first kappa shape index (κ1) is 15.3. The van der Waals surface area contributed by atoms with E-state index in [1.54, 1.807) is 61.5 Å². The minimum atomic E-state index is -4.42. The summed E-state index contributed by atoms with van der Waals surface area (Å²) in [6.07, 6.45) is -4.62. The Kier molecular flexibility index (Phi) is 4.78. The van der Waals surface area contributed by atoms with Gasteiger partial charge in [-0.3, -0.25) is 4.99 Å². The lowest BCUT2D eigenvalue weighted by Gasteiger charge is -2.14. The van der Waals surface area contributed by atoms with Crippen molar-refractivity contribution in [3.63, 3.8) is 0 Å². The highest BCUT2D eigenvalue weighted by molar-refractivity contribution is 5.91. The quantitative estimate of drug-likeness (QED) is 0.703. The number of hydrogen-bond donors (Lipinski definition) is 0. The van der Waals surface area contributed by atoms with E-state index >= 15 is 0 Å². The number of rotatable bonds is 4. The number of alkyl halides is 3.